The van der Waals surface area contributed by atoms with Crippen LogP contribution in [-0.2, 0) is 0 Å². The number of halogens is 6. The third-order valence-electron chi connectivity index (χ3n) is 3.63. The molecule has 10 heteroatoms. The van der Waals surface area contributed by atoms with E-state index in [0.29, 0.717) is 17.9 Å². The first-order chi connectivity index (χ1) is 14.5. The highest BCUT2D eigenvalue weighted by Gasteiger charge is 2.30. The highest BCUT2D eigenvalue weighted by molar-refractivity contribution is 6.08. The maximum atomic E-state index is 12.5. The summed E-state index contributed by atoms with van der Waals surface area (Å²) >= 11 is 0. The molecule has 2 rings (SSSR count). The summed E-state index contributed by atoms with van der Waals surface area (Å²) in [5.41, 5.74) is 0.227. The Kier molecular flexibility index (Phi) is 7.95. The predicted molar refractivity (Wildman–Crippen MR) is 101 cm³/mol. The summed E-state index contributed by atoms with van der Waals surface area (Å²) in [5, 5.41) is 0. The molecule has 168 valence electrons. The van der Waals surface area contributed by atoms with Gasteiger partial charge in [-0.15, -0.1) is 0 Å². The molecule has 0 saturated heterocycles. The van der Waals surface area contributed by atoms with E-state index in [1.54, 1.807) is 24.3 Å². The van der Waals surface area contributed by atoms with Crippen molar-refractivity contribution in [3.63, 3.8) is 0 Å². The fourth-order valence-electron chi connectivity index (χ4n) is 2.35. The minimum atomic E-state index is -4.66. The average molecular weight is 448 g/mol. The molecule has 0 unspecified atom stereocenters. The van der Waals surface area contributed by atoms with Crippen molar-refractivity contribution < 1.29 is 45.3 Å². The molecule has 0 radical (unpaired) electrons. The van der Waals surface area contributed by atoms with Crippen LogP contribution in [-0.4, -0.2) is 38.0 Å². The molecular weight excluding hydrogens is 430 g/mol. The number of carbonyl (C=O) groups is 1. The fraction of sp³-hybridized carbons (Fsp3) is 0.286. The number of allylic oxidation sites excluding steroid dienone is 1. The number of hydrogen-bond donors (Lipinski definition) is 0. The van der Waals surface area contributed by atoms with Crippen LogP contribution in [0.5, 0.6) is 17.2 Å². The van der Waals surface area contributed by atoms with Crippen LogP contribution < -0.4 is 14.2 Å². The Labute approximate surface area is 174 Å². The standard InChI is InChI=1S/C21H18F6O4/c1-2-29-15-6-3-14(4-7-15)5-9-18(28)17-11-16(30-12-20(22,23)24)8-10-19(17)31-13-21(25,26)27/h3-11H,2,12-13H2,1H3/b9-5+. The summed E-state index contributed by atoms with van der Waals surface area (Å²) in [6.45, 7) is -0.997. The second kappa shape index (κ2) is 10.2. The van der Waals surface area contributed by atoms with Gasteiger partial charge in [-0.25, -0.2) is 0 Å². The van der Waals surface area contributed by atoms with Crippen molar-refractivity contribution >= 4 is 11.9 Å². The van der Waals surface area contributed by atoms with Gasteiger partial charge in [-0.3, -0.25) is 4.79 Å². The molecule has 0 spiro atoms. The van der Waals surface area contributed by atoms with E-state index in [2.05, 4.69) is 9.47 Å². The van der Waals surface area contributed by atoms with E-state index >= 15 is 0 Å². The Morgan fingerprint density at radius 3 is 2.00 bits per heavy atom. The van der Waals surface area contributed by atoms with Crippen LogP contribution in [0.25, 0.3) is 6.08 Å². The van der Waals surface area contributed by atoms with Crippen LogP contribution in [0.3, 0.4) is 0 Å². The van der Waals surface area contributed by atoms with Gasteiger partial charge in [-0.1, -0.05) is 18.2 Å². The van der Waals surface area contributed by atoms with Gasteiger partial charge >= 0.3 is 12.4 Å². The number of alkyl halides is 6. The van der Waals surface area contributed by atoms with E-state index in [1.807, 2.05) is 6.92 Å². The first-order valence-corrected chi connectivity index (χ1v) is 8.95. The van der Waals surface area contributed by atoms with Gasteiger partial charge in [0.2, 0.25) is 0 Å². The van der Waals surface area contributed by atoms with E-state index in [1.165, 1.54) is 6.08 Å². The minimum Gasteiger partial charge on any atom is -0.494 e. The molecule has 0 fully saturated rings. The van der Waals surface area contributed by atoms with Crippen molar-refractivity contribution in [2.45, 2.75) is 19.3 Å². The van der Waals surface area contributed by atoms with Crippen molar-refractivity contribution in [1.29, 1.82) is 0 Å². The van der Waals surface area contributed by atoms with E-state index < -0.39 is 37.1 Å². The molecule has 0 bridgehead atoms. The zero-order valence-electron chi connectivity index (χ0n) is 16.2. The lowest BCUT2D eigenvalue weighted by atomic mass is 10.1. The number of carbonyl (C=O) groups excluding carboxylic acids is 1. The Balaban J connectivity index is 2.24. The maximum absolute atomic E-state index is 12.5. The van der Waals surface area contributed by atoms with Gasteiger partial charge in [0.25, 0.3) is 0 Å². The quantitative estimate of drug-likeness (QED) is 0.274. The van der Waals surface area contributed by atoms with Crippen LogP contribution in [0, 0.1) is 0 Å². The highest BCUT2D eigenvalue weighted by Crippen LogP contribution is 2.28. The lowest BCUT2D eigenvalue weighted by Gasteiger charge is -2.14. The second-order valence-electron chi connectivity index (χ2n) is 6.17. The summed E-state index contributed by atoms with van der Waals surface area (Å²) in [5.74, 6) is -0.931. The molecule has 4 nitrogen and oxygen atoms in total. The van der Waals surface area contributed by atoms with Gasteiger partial charge < -0.3 is 14.2 Å². The topological polar surface area (TPSA) is 44.8 Å². The summed E-state index contributed by atoms with van der Waals surface area (Å²) in [4.78, 5) is 12.5. The zero-order chi connectivity index (χ0) is 23.1. The van der Waals surface area contributed by atoms with Crippen molar-refractivity contribution in [2.24, 2.45) is 0 Å². The number of ether oxygens (including phenoxy) is 3. The van der Waals surface area contributed by atoms with E-state index in [0.717, 1.165) is 24.3 Å². The first kappa shape index (κ1) is 24.1. The smallest absolute Gasteiger partial charge is 0.422 e. The molecule has 0 aliphatic heterocycles. The molecule has 0 aliphatic carbocycles. The Hall–Kier alpha value is -3.17. The number of benzene rings is 2. The van der Waals surface area contributed by atoms with Gasteiger partial charge in [0.15, 0.2) is 19.0 Å². The van der Waals surface area contributed by atoms with Gasteiger partial charge in [0, 0.05) is 0 Å². The minimum absolute atomic E-state index is 0.338. The normalized spacial score (nSPS) is 12.1. The van der Waals surface area contributed by atoms with Crippen molar-refractivity contribution in [3.05, 3.63) is 59.7 Å². The zero-order valence-corrected chi connectivity index (χ0v) is 16.2. The molecule has 0 amide bonds. The molecule has 2 aromatic carbocycles. The van der Waals surface area contributed by atoms with Gasteiger partial charge in [0.1, 0.15) is 17.2 Å². The number of rotatable bonds is 9. The van der Waals surface area contributed by atoms with Gasteiger partial charge in [-0.05, 0) is 48.9 Å². The molecule has 31 heavy (non-hydrogen) atoms. The fourth-order valence-corrected chi connectivity index (χ4v) is 2.35. The summed E-state index contributed by atoms with van der Waals surface area (Å²) < 4.78 is 89.0. The van der Waals surface area contributed by atoms with Crippen LogP contribution in [0.2, 0.25) is 0 Å². The SMILES string of the molecule is CCOc1ccc(/C=C/C(=O)c2cc(OCC(F)(F)F)ccc2OCC(F)(F)F)cc1. The Bertz CT molecular complexity index is 902. The summed E-state index contributed by atoms with van der Waals surface area (Å²) in [7, 11) is 0. The second-order valence-corrected chi connectivity index (χ2v) is 6.17. The highest BCUT2D eigenvalue weighted by atomic mass is 19.4. The third-order valence-corrected chi connectivity index (χ3v) is 3.63. The largest absolute Gasteiger partial charge is 0.494 e. The van der Waals surface area contributed by atoms with Gasteiger partial charge in [0.05, 0.1) is 12.2 Å². The first-order valence-electron chi connectivity index (χ1n) is 8.95. The molecule has 0 atom stereocenters. The third kappa shape index (κ3) is 8.61. The molecule has 2 aromatic rings. The van der Waals surface area contributed by atoms with Crippen LogP contribution >= 0.6 is 0 Å². The van der Waals surface area contributed by atoms with Crippen LogP contribution in [0.1, 0.15) is 22.8 Å². The summed E-state index contributed by atoms with van der Waals surface area (Å²) in [6, 6.07) is 9.48. The molecule has 0 N–H and O–H groups in total. The lowest BCUT2D eigenvalue weighted by Crippen LogP contribution is -2.21. The maximum Gasteiger partial charge on any atom is 0.422 e. The molecule has 0 aromatic heterocycles. The van der Waals surface area contributed by atoms with Crippen LogP contribution in [0.4, 0.5) is 26.3 Å². The average Bonchev–Trinajstić information content (AvgIpc) is 2.69. The van der Waals surface area contributed by atoms with Crippen molar-refractivity contribution in [2.75, 3.05) is 19.8 Å². The van der Waals surface area contributed by atoms with E-state index in [9.17, 15) is 31.1 Å². The van der Waals surface area contributed by atoms with Crippen LogP contribution in [0.15, 0.2) is 48.5 Å². The monoisotopic (exact) mass is 448 g/mol. The molecule has 0 heterocycles. The van der Waals surface area contributed by atoms with E-state index in [-0.39, 0.29) is 11.3 Å². The Morgan fingerprint density at radius 1 is 0.839 bits per heavy atom. The predicted octanol–water partition coefficient (Wildman–Crippen LogP) is 5.86. The molecular formula is C21H18F6O4. The lowest BCUT2D eigenvalue weighted by molar-refractivity contribution is -0.154. The van der Waals surface area contributed by atoms with E-state index in [4.69, 9.17) is 4.74 Å². The number of ketones is 1. The molecule has 0 saturated carbocycles. The van der Waals surface area contributed by atoms with Crippen molar-refractivity contribution in [1.82, 2.24) is 0 Å². The molecule has 0 aliphatic rings. The number of hydrogen-bond acceptors (Lipinski definition) is 4. The van der Waals surface area contributed by atoms with Gasteiger partial charge in [-0.2, -0.15) is 26.3 Å². The summed E-state index contributed by atoms with van der Waals surface area (Å²) in [6.07, 6.45) is -6.82. The van der Waals surface area contributed by atoms with Crippen molar-refractivity contribution in [3.8, 4) is 17.2 Å². The Morgan fingerprint density at radius 2 is 1.42 bits per heavy atom.